The van der Waals surface area contributed by atoms with Gasteiger partial charge in [0.25, 0.3) is 5.56 Å². The van der Waals surface area contributed by atoms with Crippen LogP contribution in [0.2, 0.25) is 0 Å². The van der Waals surface area contributed by atoms with E-state index in [0.717, 1.165) is 10.1 Å². The van der Waals surface area contributed by atoms with E-state index in [1.165, 1.54) is 13.1 Å². The van der Waals surface area contributed by atoms with Crippen molar-refractivity contribution < 1.29 is 9.47 Å². The van der Waals surface area contributed by atoms with Crippen molar-refractivity contribution in [2.45, 2.75) is 13.5 Å². The molecule has 0 atom stereocenters. The SMILES string of the molecule is CCn1c(-c2ccc(OC)c(OC)c2)cc(=O)n(C)c1=O. The van der Waals surface area contributed by atoms with E-state index < -0.39 is 0 Å². The lowest BCUT2D eigenvalue weighted by atomic mass is 10.1. The fourth-order valence-electron chi connectivity index (χ4n) is 2.21. The summed E-state index contributed by atoms with van der Waals surface area (Å²) in [5.41, 5.74) is 0.611. The molecule has 2 rings (SSSR count). The molecule has 6 nitrogen and oxygen atoms in total. The zero-order valence-electron chi connectivity index (χ0n) is 12.5. The van der Waals surface area contributed by atoms with Gasteiger partial charge in [0.1, 0.15) is 0 Å². The van der Waals surface area contributed by atoms with Gasteiger partial charge in [-0.1, -0.05) is 0 Å². The summed E-state index contributed by atoms with van der Waals surface area (Å²) >= 11 is 0. The molecule has 0 saturated heterocycles. The molecule has 0 amide bonds. The molecule has 1 heterocycles. The molecule has 112 valence electrons. The van der Waals surface area contributed by atoms with Crippen LogP contribution in [0.4, 0.5) is 0 Å². The Labute approximate surface area is 122 Å². The van der Waals surface area contributed by atoms with E-state index in [0.29, 0.717) is 23.7 Å². The number of aromatic nitrogens is 2. The molecule has 0 aliphatic heterocycles. The van der Waals surface area contributed by atoms with Gasteiger partial charge in [0.2, 0.25) is 0 Å². The minimum atomic E-state index is -0.338. The molecule has 0 spiro atoms. The first-order chi connectivity index (χ1) is 10.0. The number of methoxy groups -OCH3 is 2. The van der Waals surface area contributed by atoms with Crippen LogP contribution < -0.4 is 20.7 Å². The Balaban J connectivity index is 2.73. The van der Waals surface area contributed by atoms with Gasteiger partial charge in [-0.05, 0) is 25.1 Å². The Kier molecular flexibility index (Phi) is 4.16. The summed E-state index contributed by atoms with van der Waals surface area (Å²) < 4.78 is 13.1. The molecule has 0 radical (unpaired) electrons. The number of hydrogen-bond acceptors (Lipinski definition) is 4. The van der Waals surface area contributed by atoms with Crippen molar-refractivity contribution >= 4 is 0 Å². The van der Waals surface area contributed by atoms with Gasteiger partial charge in [0.05, 0.1) is 19.9 Å². The maximum Gasteiger partial charge on any atom is 0.331 e. The lowest BCUT2D eigenvalue weighted by Gasteiger charge is -2.14. The van der Waals surface area contributed by atoms with Crippen molar-refractivity contribution in [3.63, 3.8) is 0 Å². The van der Waals surface area contributed by atoms with Crippen LogP contribution in [0, 0.1) is 0 Å². The third kappa shape index (κ3) is 2.56. The third-order valence-electron chi connectivity index (χ3n) is 3.39. The number of ether oxygens (including phenoxy) is 2. The average Bonchev–Trinajstić information content (AvgIpc) is 2.51. The predicted octanol–water partition coefficient (Wildman–Crippen LogP) is 1.25. The maximum absolute atomic E-state index is 12.2. The molecular weight excluding hydrogens is 272 g/mol. The Morgan fingerprint density at radius 1 is 1.05 bits per heavy atom. The summed E-state index contributed by atoms with van der Waals surface area (Å²) in [4.78, 5) is 24.0. The first kappa shape index (κ1) is 14.9. The van der Waals surface area contributed by atoms with Crippen LogP contribution in [0.5, 0.6) is 11.5 Å². The Morgan fingerprint density at radius 2 is 1.71 bits per heavy atom. The smallest absolute Gasteiger partial charge is 0.331 e. The fraction of sp³-hybridized carbons (Fsp3) is 0.333. The summed E-state index contributed by atoms with van der Waals surface area (Å²) in [6, 6.07) is 6.74. The second-order valence-electron chi connectivity index (χ2n) is 4.52. The van der Waals surface area contributed by atoms with Gasteiger partial charge in [-0.25, -0.2) is 4.79 Å². The third-order valence-corrected chi connectivity index (χ3v) is 3.39. The minimum Gasteiger partial charge on any atom is -0.493 e. The molecule has 0 N–H and O–H groups in total. The maximum atomic E-state index is 12.2. The topological polar surface area (TPSA) is 62.5 Å². The van der Waals surface area contributed by atoms with Crippen LogP contribution in [-0.2, 0) is 13.6 Å². The second-order valence-corrected chi connectivity index (χ2v) is 4.52. The highest BCUT2D eigenvalue weighted by Crippen LogP contribution is 2.31. The fourth-order valence-corrected chi connectivity index (χ4v) is 2.21. The van der Waals surface area contributed by atoms with Crippen molar-refractivity contribution in [2.24, 2.45) is 7.05 Å². The highest BCUT2D eigenvalue weighted by atomic mass is 16.5. The van der Waals surface area contributed by atoms with Gasteiger partial charge in [0.15, 0.2) is 11.5 Å². The number of rotatable bonds is 4. The zero-order valence-corrected chi connectivity index (χ0v) is 12.5. The van der Waals surface area contributed by atoms with Gasteiger partial charge in [-0.2, -0.15) is 0 Å². The largest absolute Gasteiger partial charge is 0.493 e. The predicted molar refractivity (Wildman–Crippen MR) is 80.2 cm³/mol. The van der Waals surface area contributed by atoms with E-state index in [2.05, 4.69) is 0 Å². The van der Waals surface area contributed by atoms with Crippen molar-refractivity contribution in [2.75, 3.05) is 14.2 Å². The van der Waals surface area contributed by atoms with E-state index in [4.69, 9.17) is 9.47 Å². The van der Waals surface area contributed by atoms with E-state index in [9.17, 15) is 9.59 Å². The van der Waals surface area contributed by atoms with E-state index in [1.54, 1.807) is 37.0 Å². The molecule has 1 aromatic carbocycles. The summed E-state index contributed by atoms with van der Waals surface area (Å²) in [5, 5.41) is 0. The molecule has 0 bridgehead atoms. The van der Waals surface area contributed by atoms with E-state index in [-0.39, 0.29) is 11.2 Å². The van der Waals surface area contributed by atoms with Crippen molar-refractivity contribution in [3.8, 4) is 22.8 Å². The van der Waals surface area contributed by atoms with Crippen LogP contribution in [0.25, 0.3) is 11.3 Å². The van der Waals surface area contributed by atoms with Crippen molar-refractivity contribution in [1.29, 1.82) is 0 Å². The molecule has 0 aliphatic rings. The van der Waals surface area contributed by atoms with Crippen LogP contribution in [0.1, 0.15) is 6.92 Å². The van der Waals surface area contributed by atoms with Crippen LogP contribution in [0.3, 0.4) is 0 Å². The lowest BCUT2D eigenvalue weighted by Crippen LogP contribution is -2.38. The summed E-state index contributed by atoms with van der Waals surface area (Å²) in [7, 11) is 4.56. The normalized spacial score (nSPS) is 10.5. The second kappa shape index (κ2) is 5.87. The van der Waals surface area contributed by atoms with E-state index in [1.807, 2.05) is 6.92 Å². The van der Waals surface area contributed by atoms with Crippen LogP contribution >= 0.6 is 0 Å². The van der Waals surface area contributed by atoms with E-state index >= 15 is 0 Å². The number of benzene rings is 1. The summed E-state index contributed by atoms with van der Waals surface area (Å²) in [6.07, 6.45) is 0. The lowest BCUT2D eigenvalue weighted by molar-refractivity contribution is 0.355. The number of nitrogens with zero attached hydrogens (tertiary/aromatic N) is 2. The van der Waals surface area contributed by atoms with Crippen LogP contribution in [0.15, 0.2) is 33.9 Å². The molecular formula is C15H18N2O4. The summed E-state index contributed by atoms with van der Waals surface area (Å²) in [5.74, 6) is 1.14. The van der Waals surface area contributed by atoms with Gasteiger partial charge in [-0.15, -0.1) is 0 Å². The molecule has 1 aromatic heterocycles. The van der Waals surface area contributed by atoms with Gasteiger partial charge in [0, 0.05) is 25.2 Å². The molecule has 6 heteroatoms. The monoisotopic (exact) mass is 290 g/mol. The molecule has 0 saturated carbocycles. The average molecular weight is 290 g/mol. The first-order valence-corrected chi connectivity index (χ1v) is 6.56. The molecule has 0 unspecified atom stereocenters. The van der Waals surface area contributed by atoms with Crippen molar-refractivity contribution in [3.05, 3.63) is 45.1 Å². The van der Waals surface area contributed by atoms with Crippen LogP contribution in [-0.4, -0.2) is 23.4 Å². The van der Waals surface area contributed by atoms with Gasteiger partial charge < -0.3 is 9.47 Å². The first-order valence-electron chi connectivity index (χ1n) is 6.56. The zero-order chi connectivity index (χ0) is 15.6. The number of hydrogen-bond donors (Lipinski definition) is 0. The van der Waals surface area contributed by atoms with Gasteiger partial charge in [-0.3, -0.25) is 13.9 Å². The van der Waals surface area contributed by atoms with Gasteiger partial charge >= 0.3 is 5.69 Å². The molecule has 0 aliphatic carbocycles. The Bertz CT molecular complexity index is 774. The highest BCUT2D eigenvalue weighted by molar-refractivity contribution is 5.64. The molecule has 2 aromatic rings. The molecule has 0 fully saturated rings. The Morgan fingerprint density at radius 3 is 2.29 bits per heavy atom. The highest BCUT2D eigenvalue weighted by Gasteiger charge is 2.12. The Hall–Kier alpha value is -2.50. The summed E-state index contributed by atoms with van der Waals surface area (Å²) in [6.45, 7) is 2.33. The minimum absolute atomic E-state index is 0.338. The standard InChI is InChI=1S/C15H18N2O4/c1-5-17-11(9-14(18)16(2)15(17)19)10-6-7-12(20-3)13(8-10)21-4/h6-9H,5H2,1-4H3. The quantitative estimate of drug-likeness (QED) is 0.850. The molecule has 21 heavy (non-hydrogen) atoms. The van der Waals surface area contributed by atoms with Crippen molar-refractivity contribution in [1.82, 2.24) is 9.13 Å².